The third kappa shape index (κ3) is 2.27. The van der Waals surface area contributed by atoms with E-state index < -0.39 is 0 Å². The number of hydrogen-bond donors (Lipinski definition) is 1. The lowest BCUT2D eigenvalue weighted by molar-refractivity contribution is 0.986. The highest BCUT2D eigenvalue weighted by atomic mass is 15.0. The molecular formula is C17H19N3. The molecule has 0 saturated heterocycles. The highest BCUT2D eigenvalue weighted by Gasteiger charge is 2.07. The SMILES string of the molecule is Cc1ccc(NCc2c(C)nc3ccccn23)cc1C. The first kappa shape index (κ1) is 12.7. The quantitative estimate of drug-likeness (QED) is 0.779. The lowest BCUT2D eigenvalue weighted by Gasteiger charge is -2.09. The first-order valence-electron chi connectivity index (χ1n) is 6.89. The summed E-state index contributed by atoms with van der Waals surface area (Å²) < 4.78 is 2.14. The molecule has 0 aliphatic rings. The van der Waals surface area contributed by atoms with Crippen LogP contribution in [-0.4, -0.2) is 9.38 Å². The Kier molecular flexibility index (Phi) is 3.18. The maximum absolute atomic E-state index is 4.58. The average molecular weight is 265 g/mol. The van der Waals surface area contributed by atoms with Crippen LogP contribution in [0.1, 0.15) is 22.5 Å². The molecule has 3 nitrogen and oxygen atoms in total. The van der Waals surface area contributed by atoms with Crippen molar-refractivity contribution < 1.29 is 0 Å². The van der Waals surface area contributed by atoms with Gasteiger partial charge < -0.3 is 9.72 Å². The third-order valence-electron chi connectivity index (χ3n) is 3.80. The van der Waals surface area contributed by atoms with E-state index in [1.807, 2.05) is 18.2 Å². The van der Waals surface area contributed by atoms with Gasteiger partial charge in [0.15, 0.2) is 0 Å². The van der Waals surface area contributed by atoms with Gasteiger partial charge in [-0.05, 0) is 56.2 Å². The summed E-state index contributed by atoms with van der Waals surface area (Å²) >= 11 is 0. The van der Waals surface area contributed by atoms with Gasteiger partial charge in [-0.3, -0.25) is 0 Å². The topological polar surface area (TPSA) is 29.3 Å². The first-order chi connectivity index (χ1) is 9.65. The molecule has 20 heavy (non-hydrogen) atoms. The number of imidazole rings is 1. The van der Waals surface area contributed by atoms with Crippen LogP contribution in [0, 0.1) is 20.8 Å². The van der Waals surface area contributed by atoms with Gasteiger partial charge in [-0.1, -0.05) is 12.1 Å². The Balaban J connectivity index is 1.86. The molecule has 102 valence electrons. The van der Waals surface area contributed by atoms with Crippen molar-refractivity contribution in [2.45, 2.75) is 27.3 Å². The molecule has 3 aromatic rings. The van der Waals surface area contributed by atoms with Crippen molar-refractivity contribution in [3.05, 3.63) is 65.1 Å². The van der Waals surface area contributed by atoms with E-state index >= 15 is 0 Å². The number of pyridine rings is 1. The van der Waals surface area contributed by atoms with E-state index in [2.05, 4.69) is 59.9 Å². The standard InChI is InChI=1S/C17H19N3/c1-12-7-8-15(10-13(12)2)18-11-16-14(3)19-17-6-4-5-9-20(16)17/h4-10,18H,11H2,1-3H3. The van der Waals surface area contributed by atoms with Crippen molar-refractivity contribution in [1.82, 2.24) is 9.38 Å². The van der Waals surface area contributed by atoms with Gasteiger partial charge in [0.2, 0.25) is 0 Å². The van der Waals surface area contributed by atoms with Crippen molar-refractivity contribution in [3.63, 3.8) is 0 Å². The van der Waals surface area contributed by atoms with Crippen molar-refractivity contribution in [1.29, 1.82) is 0 Å². The number of nitrogens with one attached hydrogen (secondary N) is 1. The molecule has 0 saturated carbocycles. The summed E-state index contributed by atoms with van der Waals surface area (Å²) in [5.41, 5.74) is 7.07. The van der Waals surface area contributed by atoms with Crippen molar-refractivity contribution in [3.8, 4) is 0 Å². The molecule has 3 heteroatoms. The number of benzene rings is 1. The molecule has 0 atom stereocenters. The van der Waals surface area contributed by atoms with Gasteiger partial charge in [-0.2, -0.15) is 0 Å². The summed E-state index contributed by atoms with van der Waals surface area (Å²) in [6.45, 7) is 7.11. The fourth-order valence-electron chi connectivity index (χ4n) is 2.41. The third-order valence-corrected chi connectivity index (χ3v) is 3.80. The second-order valence-electron chi connectivity index (χ2n) is 5.23. The van der Waals surface area contributed by atoms with Gasteiger partial charge in [0.1, 0.15) is 5.65 Å². The predicted molar refractivity (Wildman–Crippen MR) is 83.2 cm³/mol. The smallest absolute Gasteiger partial charge is 0.137 e. The fourth-order valence-corrected chi connectivity index (χ4v) is 2.41. The number of aryl methyl sites for hydroxylation is 3. The Bertz CT molecular complexity index is 756. The normalized spacial score (nSPS) is 10.9. The molecule has 0 spiro atoms. The Hall–Kier alpha value is -2.29. The summed E-state index contributed by atoms with van der Waals surface area (Å²) in [7, 11) is 0. The number of nitrogens with zero attached hydrogens (tertiary/aromatic N) is 2. The van der Waals surface area contributed by atoms with E-state index in [1.54, 1.807) is 0 Å². The molecule has 2 aromatic heterocycles. The van der Waals surface area contributed by atoms with Crippen molar-refractivity contribution in [2.75, 3.05) is 5.32 Å². The number of hydrogen-bond acceptors (Lipinski definition) is 2. The molecule has 0 radical (unpaired) electrons. The predicted octanol–water partition coefficient (Wildman–Crippen LogP) is 3.87. The van der Waals surface area contributed by atoms with E-state index in [0.717, 1.165) is 23.6 Å². The molecule has 3 rings (SSSR count). The van der Waals surface area contributed by atoms with Crippen LogP contribution < -0.4 is 5.32 Å². The highest BCUT2D eigenvalue weighted by molar-refractivity contribution is 5.49. The zero-order valence-electron chi connectivity index (χ0n) is 12.1. The van der Waals surface area contributed by atoms with Gasteiger partial charge in [-0.15, -0.1) is 0 Å². The number of anilines is 1. The second-order valence-corrected chi connectivity index (χ2v) is 5.23. The van der Waals surface area contributed by atoms with Crippen LogP contribution in [0.25, 0.3) is 5.65 Å². The molecule has 0 bridgehead atoms. The number of fused-ring (bicyclic) bond motifs is 1. The molecule has 0 aliphatic heterocycles. The maximum Gasteiger partial charge on any atom is 0.137 e. The Labute approximate surface area is 119 Å². The van der Waals surface area contributed by atoms with E-state index in [-0.39, 0.29) is 0 Å². The lowest BCUT2D eigenvalue weighted by Crippen LogP contribution is -2.04. The van der Waals surface area contributed by atoms with E-state index in [1.165, 1.54) is 16.8 Å². The Morgan fingerprint density at radius 2 is 1.90 bits per heavy atom. The largest absolute Gasteiger partial charge is 0.379 e. The van der Waals surface area contributed by atoms with Crippen LogP contribution in [0.15, 0.2) is 42.6 Å². The van der Waals surface area contributed by atoms with Crippen LogP contribution in [0.2, 0.25) is 0 Å². The fraction of sp³-hybridized carbons (Fsp3) is 0.235. The minimum Gasteiger partial charge on any atom is -0.379 e. The summed E-state index contributed by atoms with van der Waals surface area (Å²) in [5.74, 6) is 0. The second kappa shape index (κ2) is 5.00. The van der Waals surface area contributed by atoms with Crippen LogP contribution in [0.4, 0.5) is 5.69 Å². The van der Waals surface area contributed by atoms with Crippen LogP contribution >= 0.6 is 0 Å². The minimum absolute atomic E-state index is 0.777. The summed E-state index contributed by atoms with van der Waals surface area (Å²) in [4.78, 5) is 4.58. The van der Waals surface area contributed by atoms with E-state index in [0.29, 0.717) is 0 Å². The van der Waals surface area contributed by atoms with Gasteiger partial charge in [0, 0.05) is 11.9 Å². The maximum atomic E-state index is 4.58. The molecular weight excluding hydrogens is 246 g/mol. The summed E-state index contributed by atoms with van der Waals surface area (Å²) in [6, 6.07) is 12.6. The Morgan fingerprint density at radius 3 is 2.70 bits per heavy atom. The molecule has 0 fully saturated rings. The van der Waals surface area contributed by atoms with Gasteiger partial charge in [-0.25, -0.2) is 4.98 Å². The lowest BCUT2D eigenvalue weighted by atomic mass is 10.1. The average Bonchev–Trinajstić information content (AvgIpc) is 2.76. The van der Waals surface area contributed by atoms with Gasteiger partial charge in [0.05, 0.1) is 17.9 Å². The first-order valence-corrected chi connectivity index (χ1v) is 6.89. The molecule has 0 unspecified atom stereocenters. The molecule has 1 N–H and O–H groups in total. The number of rotatable bonds is 3. The van der Waals surface area contributed by atoms with E-state index in [9.17, 15) is 0 Å². The monoisotopic (exact) mass is 265 g/mol. The molecule has 0 aliphatic carbocycles. The van der Waals surface area contributed by atoms with Crippen molar-refractivity contribution >= 4 is 11.3 Å². The highest BCUT2D eigenvalue weighted by Crippen LogP contribution is 2.17. The van der Waals surface area contributed by atoms with Crippen molar-refractivity contribution in [2.24, 2.45) is 0 Å². The summed E-state index contributed by atoms with van der Waals surface area (Å²) in [6.07, 6.45) is 2.06. The summed E-state index contributed by atoms with van der Waals surface area (Å²) in [5, 5.41) is 3.49. The van der Waals surface area contributed by atoms with Gasteiger partial charge >= 0.3 is 0 Å². The van der Waals surface area contributed by atoms with Crippen LogP contribution in [-0.2, 0) is 6.54 Å². The van der Waals surface area contributed by atoms with Crippen LogP contribution in [0.5, 0.6) is 0 Å². The van der Waals surface area contributed by atoms with Crippen LogP contribution in [0.3, 0.4) is 0 Å². The Morgan fingerprint density at radius 1 is 1.05 bits per heavy atom. The molecule has 0 amide bonds. The van der Waals surface area contributed by atoms with E-state index in [4.69, 9.17) is 0 Å². The minimum atomic E-state index is 0.777. The van der Waals surface area contributed by atoms with Gasteiger partial charge in [0.25, 0.3) is 0 Å². The zero-order chi connectivity index (χ0) is 14.1. The molecule has 2 heterocycles. The number of aromatic nitrogens is 2. The molecule has 1 aromatic carbocycles. The zero-order valence-corrected chi connectivity index (χ0v) is 12.1.